The van der Waals surface area contributed by atoms with Crippen LogP contribution < -0.4 is 0 Å². The molecule has 0 unspecified atom stereocenters. The molecule has 1 aliphatic rings. The van der Waals surface area contributed by atoms with E-state index < -0.39 is 23.0 Å². The average Bonchev–Trinajstić information content (AvgIpc) is 2.79. The molecule has 92 valence electrons. The standard InChI is InChI=1S/C13H14F2O2/c14-10-6-3-7-11(15)13(10)12(16)8-17-9-4-1-2-5-9/h3,6-7,9H,1-2,4-5,8H2. The molecule has 1 fully saturated rings. The first-order valence-corrected chi connectivity index (χ1v) is 5.77. The number of halogens is 2. The van der Waals surface area contributed by atoms with E-state index in [1.807, 2.05) is 0 Å². The first-order chi connectivity index (χ1) is 8.18. The maximum absolute atomic E-state index is 13.3. The third-order valence-electron chi connectivity index (χ3n) is 2.99. The summed E-state index contributed by atoms with van der Waals surface area (Å²) in [5.74, 6) is -2.29. The van der Waals surface area contributed by atoms with Gasteiger partial charge in [0.1, 0.15) is 18.2 Å². The van der Waals surface area contributed by atoms with E-state index in [1.54, 1.807) is 0 Å². The molecule has 0 atom stereocenters. The van der Waals surface area contributed by atoms with Gasteiger partial charge in [0.25, 0.3) is 0 Å². The van der Waals surface area contributed by atoms with E-state index in [9.17, 15) is 13.6 Å². The lowest BCUT2D eigenvalue weighted by atomic mass is 10.1. The van der Waals surface area contributed by atoms with Crippen molar-refractivity contribution in [2.45, 2.75) is 31.8 Å². The Morgan fingerprint density at radius 1 is 1.24 bits per heavy atom. The molecule has 0 saturated heterocycles. The van der Waals surface area contributed by atoms with Gasteiger partial charge in [-0.3, -0.25) is 4.79 Å². The molecule has 1 aliphatic carbocycles. The Morgan fingerprint density at radius 3 is 2.41 bits per heavy atom. The summed E-state index contributed by atoms with van der Waals surface area (Å²) in [6.07, 6.45) is 4.09. The predicted octanol–water partition coefficient (Wildman–Crippen LogP) is 3.11. The van der Waals surface area contributed by atoms with Crippen LogP contribution in [0.2, 0.25) is 0 Å². The fourth-order valence-electron chi connectivity index (χ4n) is 2.08. The second-order valence-electron chi connectivity index (χ2n) is 4.24. The number of ether oxygens (including phenoxy) is 1. The summed E-state index contributed by atoms with van der Waals surface area (Å²) < 4.78 is 31.9. The van der Waals surface area contributed by atoms with E-state index in [2.05, 4.69) is 0 Å². The second kappa shape index (κ2) is 5.36. The smallest absolute Gasteiger partial charge is 0.194 e. The van der Waals surface area contributed by atoms with Gasteiger partial charge in [-0.25, -0.2) is 8.78 Å². The quantitative estimate of drug-likeness (QED) is 0.756. The van der Waals surface area contributed by atoms with Crippen molar-refractivity contribution >= 4 is 5.78 Å². The fourth-order valence-corrected chi connectivity index (χ4v) is 2.08. The maximum Gasteiger partial charge on any atom is 0.194 e. The van der Waals surface area contributed by atoms with E-state index in [0.29, 0.717) is 0 Å². The van der Waals surface area contributed by atoms with E-state index in [1.165, 1.54) is 6.07 Å². The first-order valence-electron chi connectivity index (χ1n) is 5.77. The molecule has 0 heterocycles. The van der Waals surface area contributed by atoms with Crippen LogP contribution in [0.15, 0.2) is 18.2 Å². The molecular formula is C13H14F2O2. The molecule has 1 aromatic rings. The summed E-state index contributed by atoms with van der Waals surface area (Å²) in [7, 11) is 0. The lowest BCUT2D eigenvalue weighted by Gasteiger charge is -2.10. The lowest BCUT2D eigenvalue weighted by molar-refractivity contribution is 0.0476. The van der Waals surface area contributed by atoms with E-state index >= 15 is 0 Å². The minimum Gasteiger partial charge on any atom is -0.370 e. The van der Waals surface area contributed by atoms with Crippen LogP contribution in [-0.4, -0.2) is 18.5 Å². The summed E-state index contributed by atoms with van der Waals surface area (Å²) in [4.78, 5) is 11.6. The number of rotatable bonds is 4. The molecular weight excluding hydrogens is 226 g/mol. The van der Waals surface area contributed by atoms with Crippen LogP contribution in [0.5, 0.6) is 0 Å². The van der Waals surface area contributed by atoms with Crippen molar-refractivity contribution in [1.29, 1.82) is 0 Å². The number of ketones is 1. The summed E-state index contributed by atoms with van der Waals surface area (Å²) in [5.41, 5.74) is -0.495. The maximum atomic E-state index is 13.3. The minimum atomic E-state index is -0.829. The second-order valence-corrected chi connectivity index (χ2v) is 4.24. The highest BCUT2D eigenvalue weighted by molar-refractivity contribution is 5.97. The molecule has 0 N–H and O–H groups in total. The van der Waals surface area contributed by atoms with Gasteiger partial charge in [-0.1, -0.05) is 18.9 Å². The van der Waals surface area contributed by atoms with Crippen molar-refractivity contribution in [3.63, 3.8) is 0 Å². The highest BCUT2D eigenvalue weighted by Gasteiger charge is 2.20. The molecule has 0 aromatic heterocycles. The third kappa shape index (κ3) is 2.88. The summed E-state index contributed by atoms with van der Waals surface area (Å²) in [5, 5.41) is 0. The number of carbonyl (C=O) groups is 1. The van der Waals surface area contributed by atoms with Crippen LogP contribution in [-0.2, 0) is 4.74 Å². The van der Waals surface area contributed by atoms with Crippen molar-refractivity contribution in [3.05, 3.63) is 35.4 Å². The molecule has 1 saturated carbocycles. The molecule has 2 rings (SSSR count). The number of hydrogen-bond donors (Lipinski definition) is 0. The van der Waals surface area contributed by atoms with Crippen molar-refractivity contribution in [2.24, 2.45) is 0 Å². The SMILES string of the molecule is O=C(COC1CCCC1)c1c(F)cccc1F. The summed E-state index contributed by atoms with van der Waals surface area (Å²) in [6.45, 7) is -0.248. The summed E-state index contributed by atoms with van der Waals surface area (Å²) in [6, 6.07) is 3.39. The molecule has 0 aliphatic heterocycles. The highest BCUT2D eigenvalue weighted by atomic mass is 19.1. The lowest BCUT2D eigenvalue weighted by Crippen LogP contribution is -2.18. The van der Waals surface area contributed by atoms with Gasteiger partial charge < -0.3 is 4.74 Å². The zero-order valence-electron chi connectivity index (χ0n) is 9.42. The Hall–Kier alpha value is -1.29. The molecule has 17 heavy (non-hydrogen) atoms. The van der Waals surface area contributed by atoms with Crippen LogP contribution >= 0.6 is 0 Å². The molecule has 0 spiro atoms. The number of carbonyl (C=O) groups excluding carboxylic acids is 1. The van der Waals surface area contributed by atoms with Gasteiger partial charge in [0.2, 0.25) is 0 Å². The fraction of sp³-hybridized carbons (Fsp3) is 0.462. The molecule has 4 heteroatoms. The molecule has 1 aromatic carbocycles. The molecule has 0 bridgehead atoms. The Morgan fingerprint density at radius 2 is 1.82 bits per heavy atom. The van der Waals surface area contributed by atoms with Crippen molar-refractivity contribution in [1.82, 2.24) is 0 Å². The highest BCUT2D eigenvalue weighted by Crippen LogP contribution is 2.21. The minimum absolute atomic E-state index is 0.0637. The van der Waals surface area contributed by atoms with Gasteiger partial charge in [-0.05, 0) is 25.0 Å². The van der Waals surface area contributed by atoms with Crippen molar-refractivity contribution in [2.75, 3.05) is 6.61 Å². The number of Topliss-reactive ketones (excluding diaryl/α,β-unsaturated/α-hetero) is 1. The van der Waals surface area contributed by atoms with E-state index in [0.717, 1.165) is 37.8 Å². The van der Waals surface area contributed by atoms with Gasteiger partial charge in [0.15, 0.2) is 5.78 Å². The van der Waals surface area contributed by atoms with Gasteiger partial charge in [0, 0.05) is 0 Å². The van der Waals surface area contributed by atoms with Crippen LogP contribution in [0, 0.1) is 11.6 Å². The molecule has 2 nitrogen and oxygen atoms in total. The Balaban J connectivity index is 1.99. The normalized spacial score (nSPS) is 16.4. The predicted molar refractivity (Wildman–Crippen MR) is 58.9 cm³/mol. The van der Waals surface area contributed by atoms with Gasteiger partial charge >= 0.3 is 0 Å². The van der Waals surface area contributed by atoms with Crippen LogP contribution in [0.4, 0.5) is 8.78 Å². The van der Waals surface area contributed by atoms with Gasteiger partial charge in [-0.15, -0.1) is 0 Å². The molecule has 0 amide bonds. The third-order valence-corrected chi connectivity index (χ3v) is 2.99. The van der Waals surface area contributed by atoms with Crippen LogP contribution in [0.1, 0.15) is 36.0 Å². The Kier molecular flexibility index (Phi) is 3.84. The zero-order valence-corrected chi connectivity index (χ0v) is 9.42. The van der Waals surface area contributed by atoms with Crippen LogP contribution in [0.3, 0.4) is 0 Å². The van der Waals surface area contributed by atoms with Gasteiger partial charge in [0.05, 0.1) is 11.7 Å². The van der Waals surface area contributed by atoms with Crippen LogP contribution in [0.25, 0.3) is 0 Å². The van der Waals surface area contributed by atoms with Crippen molar-refractivity contribution in [3.8, 4) is 0 Å². The first kappa shape index (κ1) is 12.2. The van der Waals surface area contributed by atoms with Crippen molar-refractivity contribution < 1.29 is 18.3 Å². The largest absolute Gasteiger partial charge is 0.370 e. The molecule has 0 radical (unpaired) electrons. The monoisotopic (exact) mass is 240 g/mol. The van der Waals surface area contributed by atoms with Gasteiger partial charge in [-0.2, -0.15) is 0 Å². The average molecular weight is 240 g/mol. The number of hydrogen-bond acceptors (Lipinski definition) is 2. The Bertz CT molecular complexity index is 392. The number of benzene rings is 1. The zero-order chi connectivity index (χ0) is 12.3. The summed E-state index contributed by atoms with van der Waals surface area (Å²) >= 11 is 0. The topological polar surface area (TPSA) is 26.3 Å². The Labute approximate surface area is 98.6 Å². The van der Waals surface area contributed by atoms with E-state index in [-0.39, 0.29) is 12.7 Å². The van der Waals surface area contributed by atoms with E-state index in [4.69, 9.17) is 4.74 Å².